The molecule has 0 aliphatic rings. The van der Waals surface area contributed by atoms with Gasteiger partial charge in [0.05, 0.1) is 17.4 Å². The second kappa shape index (κ2) is 6.95. The third kappa shape index (κ3) is 3.17. The van der Waals surface area contributed by atoms with E-state index in [-0.39, 0.29) is 5.91 Å². The molecule has 4 heterocycles. The lowest BCUT2D eigenvalue weighted by molar-refractivity contribution is 0.102. The fourth-order valence-electron chi connectivity index (χ4n) is 3.04. The number of rotatable bonds is 4. The Balaban J connectivity index is 1.45. The third-order valence-corrected chi connectivity index (χ3v) is 5.17. The summed E-state index contributed by atoms with van der Waals surface area (Å²) >= 11 is 1.54. The summed E-state index contributed by atoms with van der Waals surface area (Å²) in [4.78, 5) is 25.7. The van der Waals surface area contributed by atoms with Crippen molar-refractivity contribution in [3.05, 3.63) is 71.3 Å². The molecule has 1 amide bonds. The zero-order valence-electron chi connectivity index (χ0n) is 15.2. The Morgan fingerprint density at radius 1 is 1.14 bits per heavy atom. The predicted octanol–water partition coefficient (Wildman–Crippen LogP) is 4.07. The largest absolute Gasteiger partial charge is 0.342 e. The lowest BCUT2D eigenvalue weighted by Gasteiger charge is -2.09. The number of nitrogens with zero attached hydrogens (tertiary/aromatic N) is 5. The number of imidazole rings is 1. The van der Waals surface area contributed by atoms with Crippen molar-refractivity contribution in [3.63, 3.8) is 0 Å². The van der Waals surface area contributed by atoms with Crippen LogP contribution in [0.5, 0.6) is 0 Å². The van der Waals surface area contributed by atoms with Crippen molar-refractivity contribution in [3.8, 4) is 22.6 Å². The van der Waals surface area contributed by atoms with Crippen LogP contribution in [0.2, 0.25) is 0 Å². The quantitative estimate of drug-likeness (QED) is 0.487. The number of amides is 1. The summed E-state index contributed by atoms with van der Waals surface area (Å²) in [5.74, 6) is 0.206. The molecular weight excluding hydrogens is 388 g/mol. The van der Waals surface area contributed by atoms with Gasteiger partial charge in [-0.25, -0.2) is 9.97 Å². The van der Waals surface area contributed by atoms with E-state index in [4.69, 9.17) is 4.52 Å². The molecule has 142 valence electrons. The Morgan fingerprint density at radius 2 is 2.07 bits per heavy atom. The minimum Gasteiger partial charge on any atom is -0.342 e. The molecule has 9 heteroatoms. The molecule has 1 N–H and O–H groups in total. The molecular formula is C20H14N6O2S. The molecule has 0 fully saturated rings. The average molecular weight is 402 g/mol. The minimum atomic E-state index is -0.257. The molecule has 0 aliphatic carbocycles. The van der Waals surface area contributed by atoms with E-state index in [0.29, 0.717) is 22.9 Å². The number of carbonyl (C=O) groups excluding carboxylic acids is 1. The second-order valence-electron chi connectivity index (χ2n) is 6.40. The van der Waals surface area contributed by atoms with Crippen LogP contribution in [-0.4, -0.2) is 30.4 Å². The standard InChI is InChI=1S/C20H14N6O2S/c1-12-2-3-14(19-22-10-28-25-19)6-15(12)24-20(27)17-8-21-18-7-13(4-5-26(17)18)16-9-29-11-23-16/h2-11H,1H3,(H,24,27). The van der Waals surface area contributed by atoms with E-state index >= 15 is 0 Å². The maximum absolute atomic E-state index is 12.9. The first-order chi connectivity index (χ1) is 14.2. The molecule has 29 heavy (non-hydrogen) atoms. The van der Waals surface area contributed by atoms with Crippen molar-refractivity contribution in [2.75, 3.05) is 5.32 Å². The van der Waals surface area contributed by atoms with Crippen LogP contribution < -0.4 is 5.32 Å². The number of nitrogens with one attached hydrogen (secondary N) is 1. The van der Waals surface area contributed by atoms with Gasteiger partial charge in [0.25, 0.3) is 5.91 Å². The monoisotopic (exact) mass is 402 g/mol. The van der Waals surface area contributed by atoms with Crippen LogP contribution in [0.1, 0.15) is 16.1 Å². The lowest BCUT2D eigenvalue weighted by atomic mass is 10.1. The molecule has 0 bridgehead atoms. The molecule has 0 aliphatic heterocycles. The smallest absolute Gasteiger partial charge is 0.274 e. The summed E-state index contributed by atoms with van der Waals surface area (Å²) in [6.45, 7) is 1.92. The number of thiazole rings is 1. The van der Waals surface area contributed by atoms with Gasteiger partial charge in [0.2, 0.25) is 12.2 Å². The predicted molar refractivity (Wildman–Crippen MR) is 109 cm³/mol. The van der Waals surface area contributed by atoms with Gasteiger partial charge in [-0.05, 0) is 30.7 Å². The van der Waals surface area contributed by atoms with Crippen LogP contribution in [0.3, 0.4) is 0 Å². The van der Waals surface area contributed by atoms with Crippen LogP contribution >= 0.6 is 11.3 Å². The van der Waals surface area contributed by atoms with Crippen molar-refractivity contribution < 1.29 is 9.32 Å². The highest BCUT2D eigenvalue weighted by atomic mass is 32.1. The summed E-state index contributed by atoms with van der Waals surface area (Å²) in [6, 6.07) is 9.43. The summed E-state index contributed by atoms with van der Waals surface area (Å²) in [5, 5.41) is 8.77. The highest BCUT2D eigenvalue weighted by Gasteiger charge is 2.15. The van der Waals surface area contributed by atoms with Gasteiger partial charge in [-0.15, -0.1) is 11.3 Å². The molecule has 8 nitrogen and oxygen atoms in total. The van der Waals surface area contributed by atoms with E-state index in [0.717, 1.165) is 22.4 Å². The summed E-state index contributed by atoms with van der Waals surface area (Å²) < 4.78 is 6.55. The van der Waals surface area contributed by atoms with E-state index in [1.807, 2.05) is 48.8 Å². The van der Waals surface area contributed by atoms with Gasteiger partial charge in [0, 0.05) is 28.4 Å². The highest BCUT2D eigenvalue weighted by Crippen LogP contribution is 2.24. The Kier molecular flexibility index (Phi) is 4.14. The van der Waals surface area contributed by atoms with Gasteiger partial charge in [-0.2, -0.15) is 4.98 Å². The topological polar surface area (TPSA) is 98.2 Å². The number of pyridine rings is 1. The average Bonchev–Trinajstić information content (AvgIpc) is 3.49. The van der Waals surface area contributed by atoms with Crippen molar-refractivity contribution >= 4 is 28.6 Å². The molecule has 1 aromatic carbocycles. The molecule has 0 spiro atoms. The number of aryl methyl sites for hydroxylation is 1. The number of carbonyl (C=O) groups is 1. The Morgan fingerprint density at radius 3 is 2.86 bits per heavy atom. The van der Waals surface area contributed by atoms with E-state index in [2.05, 4.69) is 25.4 Å². The van der Waals surface area contributed by atoms with Gasteiger partial charge in [-0.3, -0.25) is 9.20 Å². The number of anilines is 1. The maximum Gasteiger partial charge on any atom is 0.274 e. The molecule has 0 saturated carbocycles. The molecule has 5 rings (SSSR count). The molecule has 4 aromatic heterocycles. The first-order valence-electron chi connectivity index (χ1n) is 8.73. The maximum atomic E-state index is 12.9. The summed E-state index contributed by atoms with van der Waals surface area (Å²) in [5.41, 5.74) is 7.10. The van der Waals surface area contributed by atoms with Crippen molar-refractivity contribution in [1.82, 2.24) is 24.5 Å². The summed E-state index contributed by atoms with van der Waals surface area (Å²) in [7, 11) is 0. The van der Waals surface area contributed by atoms with Gasteiger partial charge >= 0.3 is 0 Å². The number of fused-ring (bicyclic) bond motifs is 1. The Hall–Kier alpha value is -3.85. The van der Waals surface area contributed by atoms with E-state index < -0.39 is 0 Å². The number of benzene rings is 1. The third-order valence-electron chi connectivity index (χ3n) is 4.58. The second-order valence-corrected chi connectivity index (χ2v) is 7.12. The van der Waals surface area contributed by atoms with Crippen molar-refractivity contribution in [2.24, 2.45) is 0 Å². The highest BCUT2D eigenvalue weighted by molar-refractivity contribution is 7.07. The lowest BCUT2D eigenvalue weighted by Crippen LogP contribution is -2.15. The van der Waals surface area contributed by atoms with Crippen molar-refractivity contribution in [1.29, 1.82) is 0 Å². The summed E-state index contributed by atoms with van der Waals surface area (Å²) in [6.07, 6.45) is 4.66. The molecule has 0 unspecified atom stereocenters. The van der Waals surface area contributed by atoms with Gasteiger partial charge in [0.15, 0.2) is 0 Å². The van der Waals surface area contributed by atoms with Gasteiger partial charge in [0.1, 0.15) is 11.3 Å². The number of hydrogen-bond donors (Lipinski definition) is 1. The van der Waals surface area contributed by atoms with E-state index in [1.165, 1.54) is 17.7 Å². The van der Waals surface area contributed by atoms with Crippen LogP contribution in [0, 0.1) is 6.92 Å². The fraction of sp³-hybridized carbons (Fsp3) is 0.0500. The van der Waals surface area contributed by atoms with Crippen LogP contribution in [0.25, 0.3) is 28.3 Å². The number of aromatic nitrogens is 5. The van der Waals surface area contributed by atoms with Gasteiger partial charge < -0.3 is 9.84 Å². The van der Waals surface area contributed by atoms with Crippen LogP contribution in [0.15, 0.2) is 64.5 Å². The zero-order valence-corrected chi connectivity index (χ0v) is 16.1. The number of hydrogen-bond acceptors (Lipinski definition) is 7. The molecule has 0 saturated heterocycles. The van der Waals surface area contributed by atoms with E-state index in [9.17, 15) is 4.79 Å². The van der Waals surface area contributed by atoms with Crippen molar-refractivity contribution in [2.45, 2.75) is 6.92 Å². The van der Waals surface area contributed by atoms with E-state index in [1.54, 1.807) is 16.1 Å². The van der Waals surface area contributed by atoms with Crippen LogP contribution in [-0.2, 0) is 0 Å². The Labute approximate surface area is 168 Å². The first kappa shape index (κ1) is 17.3. The first-order valence-corrected chi connectivity index (χ1v) is 9.68. The van der Waals surface area contributed by atoms with Gasteiger partial charge in [-0.1, -0.05) is 17.3 Å². The molecule has 0 radical (unpaired) electrons. The SMILES string of the molecule is Cc1ccc(-c2ncon2)cc1NC(=O)c1cnc2cc(-c3cscn3)ccn12. The zero-order chi connectivity index (χ0) is 19.8. The molecule has 5 aromatic rings. The minimum absolute atomic E-state index is 0.257. The molecule has 0 atom stereocenters. The van der Waals surface area contributed by atoms with Crippen LogP contribution in [0.4, 0.5) is 5.69 Å². The fourth-order valence-corrected chi connectivity index (χ4v) is 3.60. The Bertz CT molecular complexity index is 1310. The normalized spacial score (nSPS) is 11.1.